The molecule has 0 aliphatic carbocycles. The van der Waals surface area contributed by atoms with Crippen LogP contribution in [0.4, 0.5) is 0 Å². The molecule has 2 rings (SSSR count). The van der Waals surface area contributed by atoms with Crippen molar-refractivity contribution in [1.82, 2.24) is 20.2 Å². The van der Waals surface area contributed by atoms with E-state index in [1.54, 1.807) is 7.05 Å². The number of hydrogen-bond donors (Lipinski definition) is 0. The second kappa shape index (κ2) is 4.30. The summed E-state index contributed by atoms with van der Waals surface area (Å²) in [5, 5.41) is 11.7. The zero-order valence-electron chi connectivity index (χ0n) is 9.64. The number of nitrogens with zero attached hydrogens (tertiary/aromatic N) is 4. The second-order valence-electron chi connectivity index (χ2n) is 3.68. The predicted octanol–water partition coefficient (Wildman–Crippen LogP) is 1.41. The molecule has 0 amide bonds. The van der Waals surface area contributed by atoms with Crippen LogP contribution in [-0.2, 0) is 13.7 Å². The molecule has 1 aromatic heterocycles. The maximum atomic E-state index is 5.64. The van der Waals surface area contributed by atoms with Gasteiger partial charge in [-0.05, 0) is 36.3 Å². The lowest BCUT2D eigenvalue weighted by Crippen LogP contribution is -2.00. The lowest BCUT2D eigenvalue weighted by Gasteiger charge is -2.08. The molecular weight excluding hydrogens is 204 g/mol. The van der Waals surface area contributed by atoms with Crippen LogP contribution in [0, 0.1) is 13.8 Å². The van der Waals surface area contributed by atoms with Gasteiger partial charge in [0.2, 0.25) is 5.82 Å². The maximum Gasteiger partial charge on any atom is 0.212 e. The van der Waals surface area contributed by atoms with Crippen molar-refractivity contribution in [3.63, 3.8) is 0 Å². The molecule has 1 aromatic carbocycles. The molecule has 16 heavy (non-hydrogen) atoms. The number of aromatic nitrogens is 4. The number of ether oxygens (including phenoxy) is 1. The van der Waals surface area contributed by atoms with Crippen LogP contribution >= 0.6 is 0 Å². The summed E-state index contributed by atoms with van der Waals surface area (Å²) < 4.78 is 5.64. The lowest BCUT2D eigenvalue weighted by atomic mass is 10.1. The summed E-state index contributed by atoms with van der Waals surface area (Å²) in [6, 6.07) is 5.98. The van der Waals surface area contributed by atoms with Gasteiger partial charge in [-0.15, -0.1) is 10.2 Å². The first-order valence-corrected chi connectivity index (χ1v) is 5.08. The van der Waals surface area contributed by atoms with Gasteiger partial charge in [-0.3, -0.25) is 0 Å². The van der Waals surface area contributed by atoms with E-state index >= 15 is 0 Å². The SMILES string of the molecule is Cc1cccc(OCc2nnn(C)n2)c1C. The predicted molar refractivity (Wildman–Crippen MR) is 59.0 cm³/mol. The van der Waals surface area contributed by atoms with Crippen molar-refractivity contribution in [2.45, 2.75) is 20.5 Å². The van der Waals surface area contributed by atoms with E-state index in [-0.39, 0.29) is 0 Å². The molecule has 0 aliphatic heterocycles. The van der Waals surface area contributed by atoms with Gasteiger partial charge in [0.1, 0.15) is 5.75 Å². The Morgan fingerprint density at radius 3 is 2.81 bits per heavy atom. The monoisotopic (exact) mass is 218 g/mol. The molecule has 0 bridgehead atoms. The van der Waals surface area contributed by atoms with Crippen molar-refractivity contribution in [3.05, 3.63) is 35.2 Å². The zero-order chi connectivity index (χ0) is 11.5. The molecule has 1 heterocycles. The van der Waals surface area contributed by atoms with Crippen LogP contribution in [0.5, 0.6) is 5.75 Å². The smallest absolute Gasteiger partial charge is 0.212 e. The molecule has 0 unspecified atom stereocenters. The quantitative estimate of drug-likeness (QED) is 0.781. The highest BCUT2D eigenvalue weighted by Gasteiger charge is 2.04. The van der Waals surface area contributed by atoms with E-state index in [1.807, 2.05) is 19.1 Å². The first-order valence-electron chi connectivity index (χ1n) is 5.08. The Balaban J connectivity index is 2.07. The largest absolute Gasteiger partial charge is 0.485 e. The van der Waals surface area contributed by atoms with Gasteiger partial charge in [0.15, 0.2) is 6.61 Å². The third kappa shape index (κ3) is 2.18. The molecular formula is C11H14N4O. The van der Waals surface area contributed by atoms with Crippen LogP contribution in [0.1, 0.15) is 17.0 Å². The van der Waals surface area contributed by atoms with E-state index < -0.39 is 0 Å². The Morgan fingerprint density at radius 1 is 1.31 bits per heavy atom. The third-order valence-corrected chi connectivity index (χ3v) is 2.46. The van der Waals surface area contributed by atoms with Gasteiger partial charge in [0.25, 0.3) is 0 Å². The molecule has 0 saturated heterocycles. The van der Waals surface area contributed by atoms with Crippen LogP contribution in [-0.4, -0.2) is 20.2 Å². The molecule has 0 aliphatic rings. The average Bonchev–Trinajstić information content (AvgIpc) is 2.67. The van der Waals surface area contributed by atoms with Crippen molar-refractivity contribution in [2.24, 2.45) is 7.05 Å². The van der Waals surface area contributed by atoms with E-state index in [0.717, 1.165) is 11.3 Å². The first kappa shape index (κ1) is 10.6. The standard InChI is InChI=1S/C11H14N4O/c1-8-5-4-6-10(9(8)2)16-7-11-12-14-15(3)13-11/h4-6H,7H2,1-3H3. The number of rotatable bonds is 3. The third-order valence-electron chi connectivity index (χ3n) is 2.46. The van der Waals surface area contributed by atoms with Crippen LogP contribution in [0.25, 0.3) is 0 Å². The van der Waals surface area contributed by atoms with Gasteiger partial charge >= 0.3 is 0 Å². The molecule has 0 fully saturated rings. The van der Waals surface area contributed by atoms with Crippen LogP contribution < -0.4 is 4.74 Å². The van der Waals surface area contributed by atoms with Crippen molar-refractivity contribution >= 4 is 0 Å². The summed E-state index contributed by atoms with van der Waals surface area (Å²) in [7, 11) is 1.73. The molecule has 0 saturated carbocycles. The maximum absolute atomic E-state index is 5.64. The average molecular weight is 218 g/mol. The Labute approximate surface area is 94.0 Å². The van der Waals surface area contributed by atoms with Crippen molar-refractivity contribution in [2.75, 3.05) is 0 Å². The van der Waals surface area contributed by atoms with Gasteiger partial charge in [-0.2, -0.15) is 4.80 Å². The van der Waals surface area contributed by atoms with E-state index in [9.17, 15) is 0 Å². The highest BCUT2D eigenvalue weighted by atomic mass is 16.5. The summed E-state index contributed by atoms with van der Waals surface area (Å²) in [4.78, 5) is 1.42. The lowest BCUT2D eigenvalue weighted by molar-refractivity contribution is 0.293. The minimum Gasteiger partial charge on any atom is -0.485 e. The number of benzene rings is 1. The summed E-state index contributed by atoms with van der Waals surface area (Å²) in [5.41, 5.74) is 2.36. The Hall–Kier alpha value is -1.91. The van der Waals surface area contributed by atoms with Crippen LogP contribution in [0.2, 0.25) is 0 Å². The van der Waals surface area contributed by atoms with Crippen molar-refractivity contribution in [1.29, 1.82) is 0 Å². The molecule has 5 nitrogen and oxygen atoms in total. The number of hydrogen-bond acceptors (Lipinski definition) is 4. The fourth-order valence-electron chi connectivity index (χ4n) is 1.40. The van der Waals surface area contributed by atoms with E-state index in [1.165, 1.54) is 10.4 Å². The van der Waals surface area contributed by atoms with E-state index in [0.29, 0.717) is 12.4 Å². The summed E-state index contributed by atoms with van der Waals surface area (Å²) in [5.74, 6) is 1.45. The molecule has 2 aromatic rings. The fourth-order valence-corrected chi connectivity index (χ4v) is 1.40. The zero-order valence-corrected chi connectivity index (χ0v) is 9.64. The van der Waals surface area contributed by atoms with Gasteiger partial charge in [0.05, 0.1) is 7.05 Å². The highest BCUT2D eigenvalue weighted by molar-refractivity contribution is 5.38. The molecule has 0 atom stereocenters. The number of aryl methyl sites for hydroxylation is 2. The van der Waals surface area contributed by atoms with Gasteiger partial charge < -0.3 is 4.74 Å². The molecule has 0 radical (unpaired) electrons. The van der Waals surface area contributed by atoms with Crippen LogP contribution in [0.3, 0.4) is 0 Å². The molecule has 0 spiro atoms. The fraction of sp³-hybridized carbons (Fsp3) is 0.364. The molecule has 84 valence electrons. The second-order valence-corrected chi connectivity index (χ2v) is 3.68. The normalized spacial score (nSPS) is 10.4. The first-order chi connectivity index (χ1) is 7.66. The number of tetrazole rings is 1. The highest BCUT2D eigenvalue weighted by Crippen LogP contribution is 2.20. The van der Waals surface area contributed by atoms with Crippen molar-refractivity contribution < 1.29 is 4.74 Å². The molecule has 0 N–H and O–H groups in total. The topological polar surface area (TPSA) is 52.8 Å². The summed E-state index contributed by atoms with van der Waals surface area (Å²) in [6.45, 7) is 4.44. The van der Waals surface area contributed by atoms with Gasteiger partial charge in [-0.1, -0.05) is 12.1 Å². The van der Waals surface area contributed by atoms with Gasteiger partial charge in [-0.25, -0.2) is 0 Å². The van der Waals surface area contributed by atoms with E-state index in [2.05, 4.69) is 28.4 Å². The Morgan fingerprint density at radius 2 is 2.12 bits per heavy atom. The van der Waals surface area contributed by atoms with Crippen molar-refractivity contribution in [3.8, 4) is 5.75 Å². The minimum absolute atomic E-state index is 0.345. The summed E-state index contributed by atoms with van der Waals surface area (Å²) >= 11 is 0. The summed E-state index contributed by atoms with van der Waals surface area (Å²) in [6.07, 6.45) is 0. The Bertz CT molecular complexity index is 492. The minimum atomic E-state index is 0.345. The molecule has 5 heteroatoms. The Kier molecular flexibility index (Phi) is 2.85. The van der Waals surface area contributed by atoms with E-state index in [4.69, 9.17) is 4.74 Å². The van der Waals surface area contributed by atoms with Gasteiger partial charge in [0, 0.05) is 0 Å². The van der Waals surface area contributed by atoms with Crippen LogP contribution in [0.15, 0.2) is 18.2 Å².